The average Bonchev–Trinajstić information content (AvgIpc) is 2.42. The van der Waals surface area contributed by atoms with Crippen molar-refractivity contribution in [3.63, 3.8) is 0 Å². The van der Waals surface area contributed by atoms with E-state index < -0.39 is 0 Å². The van der Waals surface area contributed by atoms with E-state index in [0.29, 0.717) is 6.04 Å². The fraction of sp³-hybridized carbons (Fsp3) is 0.455. The van der Waals surface area contributed by atoms with Crippen LogP contribution in [0.4, 0.5) is 11.4 Å². The molecular weight excluding hydrogens is 278 g/mol. The molecule has 0 saturated heterocycles. The molecule has 0 fully saturated rings. The maximum Gasteiger partial charge on any atom is 0.0472 e. The Morgan fingerprint density at radius 3 is 1.70 bits per heavy atom. The third kappa shape index (κ3) is 3.77. The first-order chi connectivity index (χ1) is 10.6. The van der Waals surface area contributed by atoms with Gasteiger partial charge in [0.1, 0.15) is 0 Å². The summed E-state index contributed by atoms with van der Waals surface area (Å²) < 4.78 is 0. The van der Waals surface area contributed by atoms with E-state index in [0.717, 1.165) is 0 Å². The summed E-state index contributed by atoms with van der Waals surface area (Å²) in [6, 6.07) is 14.0. The van der Waals surface area contributed by atoms with E-state index in [9.17, 15) is 0 Å². The zero-order valence-corrected chi connectivity index (χ0v) is 16.0. The SMILES string of the molecule is Cc1ccc(N(c2c(C)cc(C(C)(C)C)cc2C)C(C)C)cc1. The van der Waals surface area contributed by atoms with Crippen LogP contribution in [-0.4, -0.2) is 6.04 Å². The van der Waals surface area contributed by atoms with Crippen molar-refractivity contribution in [2.45, 2.75) is 66.8 Å². The largest absolute Gasteiger partial charge is 0.338 e. The molecule has 0 aliphatic carbocycles. The van der Waals surface area contributed by atoms with Crippen LogP contribution >= 0.6 is 0 Å². The average molecular weight is 309 g/mol. The van der Waals surface area contributed by atoms with Crippen molar-refractivity contribution < 1.29 is 0 Å². The highest BCUT2D eigenvalue weighted by molar-refractivity contribution is 5.71. The van der Waals surface area contributed by atoms with Crippen LogP contribution in [-0.2, 0) is 5.41 Å². The molecule has 0 saturated carbocycles. The maximum absolute atomic E-state index is 2.45. The van der Waals surface area contributed by atoms with Gasteiger partial charge in [-0.1, -0.05) is 50.6 Å². The molecule has 0 aliphatic rings. The van der Waals surface area contributed by atoms with Crippen LogP contribution in [0.25, 0.3) is 0 Å². The van der Waals surface area contributed by atoms with Gasteiger partial charge in [0.15, 0.2) is 0 Å². The molecule has 1 nitrogen and oxygen atoms in total. The van der Waals surface area contributed by atoms with Crippen LogP contribution in [0.1, 0.15) is 56.9 Å². The quantitative estimate of drug-likeness (QED) is 0.629. The number of hydrogen-bond acceptors (Lipinski definition) is 1. The Labute approximate surface area is 142 Å². The molecule has 0 radical (unpaired) electrons. The van der Waals surface area contributed by atoms with Crippen molar-refractivity contribution in [1.82, 2.24) is 0 Å². The van der Waals surface area contributed by atoms with Crippen LogP contribution in [0.5, 0.6) is 0 Å². The monoisotopic (exact) mass is 309 g/mol. The minimum absolute atomic E-state index is 0.181. The number of nitrogens with zero attached hydrogens (tertiary/aromatic N) is 1. The highest BCUT2D eigenvalue weighted by Gasteiger charge is 2.21. The zero-order chi connectivity index (χ0) is 17.4. The van der Waals surface area contributed by atoms with Crippen LogP contribution < -0.4 is 4.90 Å². The molecule has 0 bridgehead atoms. The molecule has 124 valence electrons. The smallest absolute Gasteiger partial charge is 0.0472 e. The minimum atomic E-state index is 0.181. The van der Waals surface area contributed by atoms with Gasteiger partial charge in [-0.15, -0.1) is 0 Å². The number of rotatable bonds is 3. The molecule has 1 heteroatoms. The molecule has 2 aromatic rings. The second-order valence-electron chi connectivity index (χ2n) is 8.01. The van der Waals surface area contributed by atoms with E-state index in [4.69, 9.17) is 0 Å². The number of aryl methyl sites for hydroxylation is 3. The number of hydrogen-bond donors (Lipinski definition) is 0. The lowest BCUT2D eigenvalue weighted by Gasteiger charge is -2.33. The Morgan fingerprint density at radius 1 is 0.826 bits per heavy atom. The Balaban J connectivity index is 2.59. The lowest BCUT2D eigenvalue weighted by molar-refractivity contribution is 0.589. The molecule has 0 heterocycles. The fourth-order valence-corrected chi connectivity index (χ4v) is 3.16. The summed E-state index contributed by atoms with van der Waals surface area (Å²) in [4.78, 5) is 2.45. The summed E-state index contributed by atoms with van der Waals surface area (Å²) >= 11 is 0. The van der Waals surface area contributed by atoms with Gasteiger partial charge in [-0.25, -0.2) is 0 Å². The van der Waals surface area contributed by atoms with Crippen LogP contribution in [0.15, 0.2) is 36.4 Å². The molecule has 0 atom stereocenters. The van der Waals surface area contributed by atoms with Crippen LogP contribution in [0.2, 0.25) is 0 Å². The predicted octanol–water partition coefficient (Wildman–Crippen LogP) is 6.46. The molecule has 2 rings (SSSR count). The van der Waals surface area contributed by atoms with Crippen LogP contribution in [0.3, 0.4) is 0 Å². The Kier molecular flexibility index (Phi) is 4.89. The summed E-state index contributed by atoms with van der Waals surface area (Å²) in [7, 11) is 0. The maximum atomic E-state index is 2.45. The van der Waals surface area contributed by atoms with Gasteiger partial charge in [0.25, 0.3) is 0 Å². The molecule has 0 aliphatic heterocycles. The minimum Gasteiger partial charge on any atom is -0.338 e. The van der Waals surface area contributed by atoms with E-state index in [1.54, 1.807) is 0 Å². The fourth-order valence-electron chi connectivity index (χ4n) is 3.16. The molecule has 2 aromatic carbocycles. The number of benzene rings is 2. The van der Waals surface area contributed by atoms with Gasteiger partial charge in [0, 0.05) is 17.4 Å². The molecule has 23 heavy (non-hydrogen) atoms. The van der Waals surface area contributed by atoms with Gasteiger partial charge in [-0.05, 0) is 68.9 Å². The molecule has 0 amide bonds. The summed E-state index contributed by atoms with van der Waals surface area (Å²) in [6.45, 7) is 18.0. The van der Waals surface area contributed by atoms with Crippen molar-refractivity contribution in [3.05, 3.63) is 58.7 Å². The first kappa shape index (κ1) is 17.6. The predicted molar refractivity (Wildman–Crippen MR) is 103 cm³/mol. The first-order valence-corrected chi connectivity index (χ1v) is 8.59. The van der Waals surface area contributed by atoms with Crippen molar-refractivity contribution in [2.75, 3.05) is 4.90 Å². The summed E-state index contributed by atoms with van der Waals surface area (Å²) in [6.07, 6.45) is 0. The van der Waals surface area contributed by atoms with Crippen molar-refractivity contribution in [3.8, 4) is 0 Å². The van der Waals surface area contributed by atoms with Gasteiger partial charge >= 0.3 is 0 Å². The Bertz CT molecular complexity index is 649. The van der Waals surface area contributed by atoms with Crippen molar-refractivity contribution in [1.29, 1.82) is 0 Å². The molecular formula is C22H31N. The van der Waals surface area contributed by atoms with E-state index >= 15 is 0 Å². The van der Waals surface area contributed by atoms with Crippen molar-refractivity contribution in [2.24, 2.45) is 0 Å². The first-order valence-electron chi connectivity index (χ1n) is 8.59. The van der Waals surface area contributed by atoms with Crippen molar-refractivity contribution >= 4 is 11.4 Å². The molecule has 0 spiro atoms. The van der Waals surface area contributed by atoms with Gasteiger partial charge < -0.3 is 4.90 Å². The van der Waals surface area contributed by atoms with Gasteiger partial charge in [-0.2, -0.15) is 0 Å². The third-order valence-electron chi connectivity index (χ3n) is 4.43. The van der Waals surface area contributed by atoms with E-state index in [-0.39, 0.29) is 5.41 Å². The van der Waals surface area contributed by atoms with E-state index in [1.807, 2.05) is 0 Å². The molecule has 0 aromatic heterocycles. The summed E-state index contributed by atoms with van der Waals surface area (Å²) in [5.41, 5.74) is 8.20. The highest BCUT2D eigenvalue weighted by atomic mass is 15.2. The zero-order valence-electron chi connectivity index (χ0n) is 16.0. The Morgan fingerprint density at radius 2 is 1.30 bits per heavy atom. The molecule has 0 N–H and O–H groups in total. The normalized spacial score (nSPS) is 11.9. The topological polar surface area (TPSA) is 3.24 Å². The summed E-state index contributed by atoms with van der Waals surface area (Å²) in [5.74, 6) is 0. The molecule has 0 unspecified atom stereocenters. The summed E-state index contributed by atoms with van der Waals surface area (Å²) in [5, 5.41) is 0. The van der Waals surface area contributed by atoms with Gasteiger partial charge in [-0.3, -0.25) is 0 Å². The standard InChI is InChI=1S/C22H31N/c1-15(2)23(20-11-9-16(3)10-12-20)21-17(4)13-19(14-18(21)5)22(6,7)8/h9-15H,1-8H3. The second-order valence-corrected chi connectivity index (χ2v) is 8.01. The lowest BCUT2D eigenvalue weighted by Crippen LogP contribution is -2.27. The second kappa shape index (κ2) is 6.39. The van der Waals surface area contributed by atoms with E-state index in [2.05, 4.69) is 96.7 Å². The third-order valence-corrected chi connectivity index (χ3v) is 4.43. The Hall–Kier alpha value is -1.76. The van der Waals surface area contributed by atoms with Gasteiger partial charge in [0.2, 0.25) is 0 Å². The van der Waals surface area contributed by atoms with E-state index in [1.165, 1.54) is 33.6 Å². The highest BCUT2D eigenvalue weighted by Crippen LogP contribution is 2.36. The lowest BCUT2D eigenvalue weighted by atomic mass is 9.84. The van der Waals surface area contributed by atoms with Crippen LogP contribution in [0, 0.1) is 20.8 Å². The number of anilines is 2. The van der Waals surface area contributed by atoms with Gasteiger partial charge in [0.05, 0.1) is 0 Å².